The third-order valence-electron chi connectivity index (χ3n) is 2.50. The van der Waals surface area contributed by atoms with E-state index in [4.69, 9.17) is 16.3 Å². The van der Waals surface area contributed by atoms with Crippen molar-refractivity contribution >= 4 is 11.6 Å². The number of benzene rings is 1. The fourth-order valence-corrected chi connectivity index (χ4v) is 1.66. The van der Waals surface area contributed by atoms with E-state index in [1.54, 1.807) is 0 Å². The zero-order valence-corrected chi connectivity index (χ0v) is 11.8. The molecule has 0 fully saturated rings. The molecule has 18 heavy (non-hydrogen) atoms. The Morgan fingerprint density at radius 1 is 1.00 bits per heavy atom. The molecule has 0 bridgehead atoms. The SMILES string of the molecule is CCCNCCCNCCOc1ccc(Cl)cc1. The summed E-state index contributed by atoms with van der Waals surface area (Å²) >= 11 is 5.79. The third kappa shape index (κ3) is 7.54. The van der Waals surface area contributed by atoms with Crippen LogP contribution in [0.5, 0.6) is 5.75 Å². The molecule has 1 aromatic rings. The summed E-state index contributed by atoms with van der Waals surface area (Å²) in [6.45, 7) is 6.96. The fraction of sp³-hybridized carbons (Fsp3) is 0.571. The molecule has 0 atom stereocenters. The lowest BCUT2D eigenvalue weighted by molar-refractivity contribution is 0.313. The number of hydrogen-bond acceptors (Lipinski definition) is 3. The molecule has 0 saturated carbocycles. The Hall–Kier alpha value is -0.770. The molecule has 0 radical (unpaired) electrons. The Morgan fingerprint density at radius 2 is 1.67 bits per heavy atom. The van der Waals surface area contributed by atoms with Crippen LogP contribution in [0, 0.1) is 0 Å². The molecule has 1 aromatic carbocycles. The summed E-state index contributed by atoms with van der Waals surface area (Å²) in [7, 11) is 0. The Labute approximate surface area is 115 Å². The first-order chi connectivity index (χ1) is 8.83. The summed E-state index contributed by atoms with van der Waals surface area (Å²) in [5, 5.41) is 7.46. The van der Waals surface area contributed by atoms with Gasteiger partial charge in [-0.25, -0.2) is 0 Å². The number of nitrogens with one attached hydrogen (secondary N) is 2. The van der Waals surface area contributed by atoms with Crippen LogP contribution in [-0.4, -0.2) is 32.8 Å². The van der Waals surface area contributed by atoms with Gasteiger partial charge in [0.1, 0.15) is 12.4 Å². The zero-order valence-electron chi connectivity index (χ0n) is 11.0. The topological polar surface area (TPSA) is 33.3 Å². The summed E-state index contributed by atoms with van der Waals surface area (Å²) in [6.07, 6.45) is 2.35. The number of halogens is 1. The van der Waals surface area contributed by atoms with Gasteiger partial charge in [-0.05, 0) is 56.7 Å². The van der Waals surface area contributed by atoms with E-state index in [-0.39, 0.29) is 0 Å². The molecular weight excluding hydrogens is 248 g/mol. The van der Waals surface area contributed by atoms with Crippen molar-refractivity contribution < 1.29 is 4.74 Å². The summed E-state index contributed by atoms with van der Waals surface area (Å²) in [4.78, 5) is 0. The first kappa shape index (κ1) is 15.3. The van der Waals surface area contributed by atoms with E-state index >= 15 is 0 Å². The highest BCUT2D eigenvalue weighted by Crippen LogP contribution is 2.14. The second-order valence-electron chi connectivity index (χ2n) is 4.16. The van der Waals surface area contributed by atoms with Crippen molar-refractivity contribution in [2.24, 2.45) is 0 Å². The quantitative estimate of drug-likeness (QED) is 0.642. The Kier molecular flexibility index (Phi) is 8.65. The maximum atomic E-state index is 5.79. The highest BCUT2D eigenvalue weighted by Gasteiger charge is 1.93. The lowest BCUT2D eigenvalue weighted by Crippen LogP contribution is -2.25. The van der Waals surface area contributed by atoms with Gasteiger partial charge in [0, 0.05) is 11.6 Å². The molecule has 0 aromatic heterocycles. The smallest absolute Gasteiger partial charge is 0.119 e. The largest absolute Gasteiger partial charge is 0.492 e. The van der Waals surface area contributed by atoms with Crippen LogP contribution in [0.15, 0.2) is 24.3 Å². The summed E-state index contributed by atoms with van der Waals surface area (Å²) in [6, 6.07) is 7.45. The van der Waals surface area contributed by atoms with Gasteiger partial charge in [0.25, 0.3) is 0 Å². The van der Waals surface area contributed by atoms with Crippen molar-refractivity contribution in [1.82, 2.24) is 10.6 Å². The number of hydrogen-bond donors (Lipinski definition) is 2. The Bertz CT molecular complexity index is 303. The summed E-state index contributed by atoms with van der Waals surface area (Å²) in [5.41, 5.74) is 0. The van der Waals surface area contributed by atoms with Crippen LogP contribution in [0.1, 0.15) is 19.8 Å². The summed E-state index contributed by atoms with van der Waals surface area (Å²) < 4.78 is 5.57. The molecule has 0 amide bonds. The standard InChI is InChI=1S/C14H23ClN2O/c1-2-8-16-9-3-10-17-11-12-18-14-6-4-13(15)5-7-14/h4-7,16-17H,2-3,8-12H2,1H3. The van der Waals surface area contributed by atoms with Crippen LogP contribution < -0.4 is 15.4 Å². The molecule has 0 aliphatic carbocycles. The maximum Gasteiger partial charge on any atom is 0.119 e. The molecule has 2 N–H and O–H groups in total. The molecule has 0 unspecified atom stereocenters. The Morgan fingerprint density at radius 3 is 2.33 bits per heavy atom. The van der Waals surface area contributed by atoms with Crippen molar-refractivity contribution in [3.05, 3.63) is 29.3 Å². The summed E-state index contributed by atoms with van der Waals surface area (Å²) in [5.74, 6) is 0.866. The van der Waals surface area contributed by atoms with Crippen LogP contribution in [0.2, 0.25) is 5.02 Å². The molecule has 0 aliphatic heterocycles. The van der Waals surface area contributed by atoms with Crippen molar-refractivity contribution in [3.63, 3.8) is 0 Å². The van der Waals surface area contributed by atoms with Crippen LogP contribution in [-0.2, 0) is 0 Å². The van der Waals surface area contributed by atoms with E-state index in [0.29, 0.717) is 6.61 Å². The van der Waals surface area contributed by atoms with Crippen molar-refractivity contribution in [1.29, 1.82) is 0 Å². The van der Waals surface area contributed by atoms with Crippen LogP contribution >= 0.6 is 11.6 Å². The monoisotopic (exact) mass is 270 g/mol. The van der Waals surface area contributed by atoms with E-state index in [2.05, 4.69) is 17.6 Å². The van der Waals surface area contributed by atoms with Crippen molar-refractivity contribution in [2.45, 2.75) is 19.8 Å². The third-order valence-corrected chi connectivity index (χ3v) is 2.75. The molecule has 0 spiro atoms. The molecule has 1 rings (SSSR count). The average Bonchev–Trinajstić information content (AvgIpc) is 2.39. The molecule has 3 nitrogen and oxygen atoms in total. The van der Waals surface area contributed by atoms with E-state index in [0.717, 1.165) is 43.4 Å². The van der Waals surface area contributed by atoms with Crippen LogP contribution in [0.25, 0.3) is 0 Å². The molecule has 4 heteroatoms. The van der Waals surface area contributed by atoms with Gasteiger partial charge in [0.2, 0.25) is 0 Å². The molecule has 102 valence electrons. The van der Waals surface area contributed by atoms with Gasteiger partial charge in [0.15, 0.2) is 0 Å². The van der Waals surface area contributed by atoms with E-state index in [9.17, 15) is 0 Å². The average molecular weight is 271 g/mol. The van der Waals surface area contributed by atoms with E-state index in [1.165, 1.54) is 6.42 Å². The highest BCUT2D eigenvalue weighted by molar-refractivity contribution is 6.30. The lowest BCUT2D eigenvalue weighted by Gasteiger charge is -2.08. The molecular formula is C14H23ClN2O. The van der Waals surface area contributed by atoms with Gasteiger partial charge in [-0.3, -0.25) is 0 Å². The second-order valence-corrected chi connectivity index (χ2v) is 4.59. The minimum atomic E-state index is 0.685. The predicted octanol–water partition coefficient (Wildman–Crippen LogP) is 2.70. The predicted molar refractivity (Wildman–Crippen MR) is 77.6 cm³/mol. The van der Waals surface area contributed by atoms with Crippen molar-refractivity contribution in [2.75, 3.05) is 32.8 Å². The minimum absolute atomic E-state index is 0.685. The van der Waals surface area contributed by atoms with Crippen LogP contribution in [0.3, 0.4) is 0 Å². The zero-order chi connectivity index (χ0) is 13.1. The van der Waals surface area contributed by atoms with Crippen LogP contribution in [0.4, 0.5) is 0 Å². The van der Waals surface area contributed by atoms with Gasteiger partial charge in [0.05, 0.1) is 0 Å². The van der Waals surface area contributed by atoms with Gasteiger partial charge in [-0.15, -0.1) is 0 Å². The van der Waals surface area contributed by atoms with E-state index < -0.39 is 0 Å². The van der Waals surface area contributed by atoms with Gasteiger partial charge < -0.3 is 15.4 Å². The first-order valence-electron chi connectivity index (χ1n) is 6.62. The van der Waals surface area contributed by atoms with Crippen molar-refractivity contribution in [3.8, 4) is 5.75 Å². The Balaban J connectivity index is 1.91. The first-order valence-corrected chi connectivity index (χ1v) is 7.00. The molecule has 0 saturated heterocycles. The molecule has 0 aliphatic rings. The van der Waals surface area contributed by atoms with Gasteiger partial charge >= 0.3 is 0 Å². The highest BCUT2D eigenvalue weighted by atomic mass is 35.5. The minimum Gasteiger partial charge on any atom is -0.492 e. The maximum absolute atomic E-state index is 5.79. The number of ether oxygens (including phenoxy) is 1. The lowest BCUT2D eigenvalue weighted by atomic mass is 10.3. The van der Waals surface area contributed by atoms with E-state index in [1.807, 2.05) is 24.3 Å². The van der Waals surface area contributed by atoms with Gasteiger partial charge in [-0.2, -0.15) is 0 Å². The van der Waals surface area contributed by atoms with Gasteiger partial charge in [-0.1, -0.05) is 18.5 Å². The number of rotatable bonds is 10. The normalized spacial score (nSPS) is 10.6. The fourth-order valence-electron chi connectivity index (χ4n) is 1.54. The molecule has 0 heterocycles. The second kappa shape index (κ2) is 10.2.